The number of amides is 1. The molecule has 1 N–H and O–H groups in total. The average Bonchev–Trinajstić information content (AvgIpc) is 3.39. The Bertz CT molecular complexity index is 1600. The van der Waals surface area contributed by atoms with Gasteiger partial charge in [0.15, 0.2) is 11.4 Å². The zero-order chi connectivity index (χ0) is 28.1. The van der Waals surface area contributed by atoms with Gasteiger partial charge in [0.25, 0.3) is 0 Å². The van der Waals surface area contributed by atoms with E-state index in [2.05, 4.69) is 10.3 Å². The van der Waals surface area contributed by atoms with Crippen molar-refractivity contribution in [1.29, 1.82) is 0 Å². The van der Waals surface area contributed by atoms with Crippen LogP contribution in [0, 0.1) is 5.82 Å². The summed E-state index contributed by atoms with van der Waals surface area (Å²) in [5, 5.41) is 2.79. The fraction of sp³-hybridized carbons (Fsp3) is 0.161. The van der Waals surface area contributed by atoms with Crippen LogP contribution >= 0.6 is 0 Å². The Morgan fingerprint density at radius 1 is 0.925 bits per heavy atom. The number of imidazole rings is 1. The quantitative estimate of drug-likeness (QED) is 0.204. The van der Waals surface area contributed by atoms with E-state index in [0.29, 0.717) is 34.8 Å². The molecule has 204 valence electrons. The number of halogens is 4. The van der Waals surface area contributed by atoms with Crippen molar-refractivity contribution in [3.8, 4) is 5.75 Å². The normalized spacial score (nSPS) is 12.3. The topological polar surface area (TPSA) is 55.6 Å². The highest BCUT2D eigenvalue weighted by atomic mass is 19.4. The van der Waals surface area contributed by atoms with Gasteiger partial charge < -0.3 is 14.5 Å². The molecule has 40 heavy (non-hydrogen) atoms. The summed E-state index contributed by atoms with van der Waals surface area (Å²) in [5.74, 6) is -1.01. The fourth-order valence-electron chi connectivity index (χ4n) is 4.50. The molecule has 0 saturated heterocycles. The number of carbonyl (C=O) groups is 1. The lowest BCUT2D eigenvalue weighted by Crippen LogP contribution is -2.25. The zero-order valence-electron chi connectivity index (χ0n) is 21.2. The molecule has 0 radical (unpaired) electrons. The van der Waals surface area contributed by atoms with Gasteiger partial charge in [0.2, 0.25) is 5.91 Å². The molecule has 5 rings (SSSR count). The molecule has 9 heteroatoms. The van der Waals surface area contributed by atoms with Gasteiger partial charge >= 0.3 is 6.18 Å². The van der Waals surface area contributed by atoms with Gasteiger partial charge in [0.05, 0.1) is 11.3 Å². The number of benzene rings is 3. The molecule has 0 aliphatic rings. The van der Waals surface area contributed by atoms with Crippen molar-refractivity contribution in [1.82, 2.24) is 14.7 Å². The van der Waals surface area contributed by atoms with Crippen LogP contribution in [0.2, 0.25) is 0 Å². The zero-order valence-corrected chi connectivity index (χ0v) is 21.2. The van der Waals surface area contributed by atoms with Crippen molar-refractivity contribution in [2.24, 2.45) is 0 Å². The predicted molar refractivity (Wildman–Crippen MR) is 142 cm³/mol. The van der Waals surface area contributed by atoms with Crippen LogP contribution < -0.4 is 10.1 Å². The number of nitrogens with one attached hydrogen (secondary N) is 1. The summed E-state index contributed by atoms with van der Waals surface area (Å²) in [6.07, 6.45) is -1.37. The van der Waals surface area contributed by atoms with Crippen molar-refractivity contribution in [3.63, 3.8) is 0 Å². The van der Waals surface area contributed by atoms with E-state index in [1.54, 1.807) is 47.1 Å². The van der Waals surface area contributed by atoms with Crippen LogP contribution in [0.5, 0.6) is 5.75 Å². The maximum Gasteiger partial charge on any atom is 0.416 e. The van der Waals surface area contributed by atoms with E-state index in [0.717, 1.165) is 17.7 Å². The molecule has 5 nitrogen and oxygen atoms in total. The number of fused-ring (bicyclic) bond motifs is 1. The van der Waals surface area contributed by atoms with E-state index in [4.69, 9.17) is 4.74 Å². The molecule has 0 aliphatic carbocycles. The van der Waals surface area contributed by atoms with Gasteiger partial charge in [-0.05, 0) is 47.0 Å². The number of hydrogen-bond acceptors (Lipinski definition) is 3. The maximum atomic E-state index is 13.6. The number of ether oxygens (including phenoxy) is 1. The summed E-state index contributed by atoms with van der Waals surface area (Å²) in [6.45, 7) is 0.463. The number of rotatable bonds is 9. The number of pyridine rings is 1. The molecule has 0 spiro atoms. The minimum absolute atomic E-state index is 0.134. The Morgan fingerprint density at radius 3 is 2.45 bits per heavy atom. The summed E-state index contributed by atoms with van der Waals surface area (Å²) < 4.78 is 61.7. The molecule has 0 bridgehead atoms. The highest BCUT2D eigenvalue weighted by molar-refractivity contribution is 5.77. The van der Waals surface area contributed by atoms with Gasteiger partial charge in [-0.15, -0.1) is 0 Å². The summed E-state index contributed by atoms with van der Waals surface area (Å²) >= 11 is 0. The number of hydrogen-bond donors (Lipinski definition) is 1. The van der Waals surface area contributed by atoms with Crippen LogP contribution in [0.25, 0.3) is 5.65 Å². The van der Waals surface area contributed by atoms with Crippen LogP contribution in [0.4, 0.5) is 17.6 Å². The predicted octanol–water partition coefficient (Wildman–Crippen LogP) is 6.91. The molecule has 0 fully saturated rings. The molecular weight excluding hydrogens is 522 g/mol. The van der Waals surface area contributed by atoms with E-state index >= 15 is 0 Å². The molecular formula is C31H25F4N3O2. The third-order valence-corrected chi connectivity index (χ3v) is 6.53. The Balaban J connectivity index is 1.45. The van der Waals surface area contributed by atoms with Crippen molar-refractivity contribution >= 4 is 11.6 Å². The van der Waals surface area contributed by atoms with Crippen LogP contribution in [0.1, 0.15) is 40.3 Å². The van der Waals surface area contributed by atoms with Gasteiger partial charge in [-0.3, -0.25) is 4.79 Å². The lowest BCUT2D eigenvalue weighted by atomic mass is 9.91. The van der Waals surface area contributed by atoms with E-state index in [9.17, 15) is 22.4 Å². The molecule has 0 aliphatic heterocycles. The largest absolute Gasteiger partial charge is 0.485 e. The first-order valence-electron chi connectivity index (χ1n) is 12.6. The number of alkyl halides is 3. The first-order valence-corrected chi connectivity index (χ1v) is 12.6. The van der Waals surface area contributed by atoms with Gasteiger partial charge in [-0.1, -0.05) is 60.7 Å². The second-order valence-corrected chi connectivity index (χ2v) is 9.31. The van der Waals surface area contributed by atoms with Crippen LogP contribution in [0.15, 0.2) is 103 Å². The van der Waals surface area contributed by atoms with E-state index in [1.807, 2.05) is 30.3 Å². The molecule has 1 atom stereocenters. The number of aromatic nitrogens is 2. The number of nitrogens with zero attached hydrogens (tertiary/aromatic N) is 2. The average molecular weight is 548 g/mol. The van der Waals surface area contributed by atoms with Crippen LogP contribution in [0.3, 0.4) is 0 Å². The van der Waals surface area contributed by atoms with Crippen LogP contribution in [-0.4, -0.2) is 15.3 Å². The SMILES string of the molecule is O=C(CC(c1cccc(C(F)(F)F)c1)c1cnc2c(OCc3ccccc3)cccn12)NCc1ccc(F)cc1. The molecule has 3 aromatic carbocycles. The summed E-state index contributed by atoms with van der Waals surface area (Å²) in [4.78, 5) is 17.6. The third kappa shape index (κ3) is 6.31. The molecule has 5 aromatic rings. The van der Waals surface area contributed by atoms with Crippen LogP contribution in [-0.2, 0) is 24.1 Å². The summed E-state index contributed by atoms with van der Waals surface area (Å²) in [5.41, 5.74) is 2.21. The Labute approximate surface area is 228 Å². The Kier molecular flexibility index (Phi) is 7.82. The van der Waals surface area contributed by atoms with E-state index in [1.165, 1.54) is 18.2 Å². The third-order valence-electron chi connectivity index (χ3n) is 6.53. The second kappa shape index (κ2) is 11.6. The molecule has 1 unspecified atom stereocenters. The highest BCUT2D eigenvalue weighted by Crippen LogP contribution is 2.35. The highest BCUT2D eigenvalue weighted by Gasteiger charge is 2.32. The minimum Gasteiger partial charge on any atom is -0.485 e. The lowest BCUT2D eigenvalue weighted by molar-refractivity contribution is -0.137. The van der Waals surface area contributed by atoms with Crippen molar-refractivity contribution < 1.29 is 27.1 Å². The Morgan fingerprint density at radius 2 is 1.70 bits per heavy atom. The Hall–Kier alpha value is -4.66. The van der Waals surface area contributed by atoms with Gasteiger partial charge in [-0.25, -0.2) is 9.37 Å². The molecule has 1 amide bonds. The second-order valence-electron chi connectivity index (χ2n) is 9.31. The monoisotopic (exact) mass is 547 g/mol. The number of carbonyl (C=O) groups excluding carboxylic acids is 1. The first kappa shape index (κ1) is 26.9. The van der Waals surface area contributed by atoms with E-state index < -0.39 is 17.7 Å². The van der Waals surface area contributed by atoms with Crippen molar-refractivity contribution in [3.05, 3.63) is 137 Å². The molecule has 2 aromatic heterocycles. The van der Waals surface area contributed by atoms with Gasteiger partial charge in [0.1, 0.15) is 12.4 Å². The molecule has 0 saturated carbocycles. The summed E-state index contributed by atoms with van der Waals surface area (Å²) in [6, 6.07) is 23.8. The first-order chi connectivity index (χ1) is 19.3. The van der Waals surface area contributed by atoms with E-state index in [-0.39, 0.29) is 24.7 Å². The molecule has 2 heterocycles. The van der Waals surface area contributed by atoms with Gasteiger partial charge in [-0.2, -0.15) is 13.2 Å². The smallest absolute Gasteiger partial charge is 0.416 e. The lowest BCUT2D eigenvalue weighted by Gasteiger charge is -2.19. The maximum absolute atomic E-state index is 13.6. The standard InChI is InChI=1S/C31H25F4N3O2/c32-25-13-11-21(12-14-25)18-36-29(39)17-26(23-8-4-9-24(16-23)31(33,34)35)27-19-37-30-28(10-5-15-38(27)30)40-20-22-6-2-1-3-7-22/h1-16,19,26H,17-18,20H2,(H,36,39). The van der Waals surface area contributed by atoms with Gasteiger partial charge in [0, 0.05) is 31.3 Å². The summed E-state index contributed by atoms with van der Waals surface area (Å²) in [7, 11) is 0. The van der Waals surface area contributed by atoms with Crippen molar-refractivity contribution in [2.45, 2.75) is 31.7 Å². The fourth-order valence-corrected chi connectivity index (χ4v) is 4.50. The minimum atomic E-state index is -4.54. The van der Waals surface area contributed by atoms with Crippen molar-refractivity contribution in [2.75, 3.05) is 0 Å².